The van der Waals surface area contributed by atoms with Gasteiger partial charge in [0.1, 0.15) is 11.3 Å². The summed E-state index contributed by atoms with van der Waals surface area (Å²) in [5.41, 5.74) is 4.01. The maximum atomic E-state index is 12.7. The van der Waals surface area contributed by atoms with Gasteiger partial charge in [-0.25, -0.2) is 14.3 Å². The third-order valence-corrected chi connectivity index (χ3v) is 5.16. The summed E-state index contributed by atoms with van der Waals surface area (Å²) >= 11 is 0. The molecule has 1 heterocycles. The monoisotopic (exact) mass is 437 g/mol. The quantitative estimate of drug-likeness (QED) is 0.422. The number of para-hydroxylation sites is 1. The zero-order valence-corrected chi connectivity index (χ0v) is 18.0. The van der Waals surface area contributed by atoms with E-state index < -0.39 is 11.9 Å². The topological polar surface area (TPSA) is 94.2 Å². The van der Waals surface area contributed by atoms with Crippen LogP contribution >= 0.6 is 0 Å². The second kappa shape index (κ2) is 9.20. The number of nitrogens with zero attached hydrogens (tertiary/aromatic N) is 3. The molecule has 7 nitrogen and oxygen atoms in total. The van der Waals surface area contributed by atoms with Crippen molar-refractivity contribution >= 4 is 11.9 Å². The fraction of sp³-hybridized carbons (Fsp3) is 0.0769. The van der Waals surface area contributed by atoms with Crippen molar-refractivity contribution in [3.05, 3.63) is 95.7 Å². The van der Waals surface area contributed by atoms with Gasteiger partial charge in [0.25, 0.3) is 0 Å². The second-order valence-electron chi connectivity index (χ2n) is 7.07. The molecular formula is C26H19N3O4. The summed E-state index contributed by atoms with van der Waals surface area (Å²) in [5, 5.41) is 13.6. The van der Waals surface area contributed by atoms with Crippen LogP contribution < -0.4 is 0 Å². The molecule has 162 valence electrons. The summed E-state index contributed by atoms with van der Waals surface area (Å²) in [6, 6.07) is 25.8. The van der Waals surface area contributed by atoms with Crippen LogP contribution in [0.1, 0.15) is 26.4 Å². The summed E-state index contributed by atoms with van der Waals surface area (Å²) < 4.78 is 11.3. The molecule has 1 aromatic heterocycles. The zero-order chi connectivity index (χ0) is 23.4. The van der Waals surface area contributed by atoms with Gasteiger partial charge in [0.05, 0.1) is 31.5 Å². The van der Waals surface area contributed by atoms with Gasteiger partial charge in [0, 0.05) is 5.56 Å². The zero-order valence-electron chi connectivity index (χ0n) is 18.0. The van der Waals surface area contributed by atoms with Gasteiger partial charge in [-0.05, 0) is 35.4 Å². The number of carbonyl (C=O) groups is 2. The van der Waals surface area contributed by atoms with Crippen LogP contribution in [0.4, 0.5) is 0 Å². The Bertz CT molecular complexity index is 1350. The van der Waals surface area contributed by atoms with E-state index in [0.717, 1.165) is 11.1 Å². The minimum absolute atomic E-state index is 0.0123. The number of ether oxygens (including phenoxy) is 2. The molecule has 0 spiro atoms. The van der Waals surface area contributed by atoms with Crippen molar-refractivity contribution in [3.8, 4) is 34.1 Å². The van der Waals surface area contributed by atoms with E-state index in [-0.39, 0.29) is 11.3 Å². The molecule has 0 unspecified atom stereocenters. The standard InChI is InChI=1S/C26H19N3O4/c1-32-25(30)22-23(28-29(24(22)26(31)33-2)21-6-4-3-5-7-21)20-14-12-19(13-15-20)18-10-8-17(16-27)9-11-18/h3-15H,1-2H3. The largest absolute Gasteiger partial charge is 0.465 e. The summed E-state index contributed by atoms with van der Waals surface area (Å²) in [7, 11) is 2.50. The molecule has 0 atom stereocenters. The van der Waals surface area contributed by atoms with Crippen LogP contribution in [0, 0.1) is 11.3 Å². The van der Waals surface area contributed by atoms with Crippen LogP contribution in [0.5, 0.6) is 0 Å². The molecule has 4 aromatic rings. The van der Waals surface area contributed by atoms with E-state index in [1.807, 2.05) is 54.6 Å². The Morgan fingerprint density at radius 1 is 0.788 bits per heavy atom. The van der Waals surface area contributed by atoms with Crippen molar-refractivity contribution < 1.29 is 19.1 Å². The van der Waals surface area contributed by atoms with Crippen molar-refractivity contribution in [3.63, 3.8) is 0 Å². The molecule has 0 saturated heterocycles. The molecule has 0 aliphatic carbocycles. The van der Waals surface area contributed by atoms with Gasteiger partial charge in [0.15, 0.2) is 5.69 Å². The molecule has 4 rings (SSSR count). The average Bonchev–Trinajstić information content (AvgIpc) is 3.29. The maximum absolute atomic E-state index is 12.7. The van der Waals surface area contributed by atoms with E-state index in [2.05, 4.69) is 11.2 Å². The number of carbonyl (C=O) groups excluding carboxylic acids is 2. The fourth-order valence-corrected chi connectivity index (χ4v) is 3.51. The lowest BCUT2D eigenvalue weighted by molar-refractivity contribution is 0.0549. The summed E-state index contributed by atoms with van der Waals surface area (Å²) in [5.74, 6) is -1.39. The Morgan fingerprint density at radius 2 is 1.33 bits per heavy atom. The number of benzene rings is 3. The van der Waals surface area contributed by atoms with E-state index in [4.69, 9.17) is 14.7 Å². The van der Waals surface area contributed by atoms with E-state index >= 15 is 0 Å². The highest BCUT2D eigenvalue weighted by Gasteiger charge is 2.31. The molecule has 33 heavy (non-hydrogen) atoms. The first-order valence-electron chi connectivity index (χ1n) is 10.0. The Labute approximate surface area is 190 Å². The predicted octanol–water partition coefficient (Wildman–Crippen LogP) is 4.65. The molecule has 0 bridgehead atoms. The summed E-state index contributed by atoms with van der Waals surface area (Å²) in [6.07, 6.45) is 0. The van der Waals surface area contributed by atoms with Gasteiger partial charge in [-0.3, -0.25) is 0 Å². The van der Waals surface area contributed by atoms with Crippen LogP contribution in [-0.4, -0.2) is 35.9 Å². The number of nitriles is 1. The molecule has 0 radical (unpaired) electrons. The molecule has 0 aliphatic rings. The Balaban J connectivity index is 1.86. The highest BCUT2D eigenvalue weighted by Crippen LogP contribution is 2.31. The average molecular weight is 437 g/mol. The summed E-state index contributed by atoms with van der Waals surface area (Å²) in [6.45, 7) is 0. The van der Waals surface area contributed by atoms with Gasteiger partial charge < -0.3 is 9.47 Å². The minimum atomic E-state index is -0.702. The molecule has 0 saturated carbocycles. The van der Waals surface area contributed by atoms with Crippen LogP contribution in [0.3, 0.4) is 0 Å². The number of methoxy groups -OCH3 is 2. The van der Waals surface area contributed by atoms with Gasteiger partial charge in [-0.15, -0.1) is 0 Å². The van der Waals surface area contributed by atoms with Crippen molar-refractivity contribution in [1.29, 1.82) is 5.26 Å². The van der Waals surface area contributed by atoms with E-state index in [0.29, 0.717) is 22.5 Å². The molecule has 7 heteroatoms. The number of rotatable bonds is 5. The third kappa shape index (κ3) is 4.10. The van der Waals surface area contributed by atoms with Crippen molar-refractivity contribution in [2.45, 2.75) is 0 Å². The Kier molecular flexibility index (Phi) is 6.00. The minimum Gasteiger partial charge on any atom is -0.465 e. The lowest BCUT2D eigenvalue weighted by atomic mass is 10.00. The van der Waals surface area contributed by atoms with Crippen LogP contribution in [0.25, 0.3) is 28.1 Å². The molecular weight excluding hydrogens is 418 g/mol. The van der Waals surface area contributed by atoms with Gasteiger partial charge in [-0.2, -0.15) is 10.4 Å². The molecule has 3 aromatic carbocycles. The molecule has 0 aliphatic heterocycles. The summed E-state index contributed by atoms with van der Waals surface area (Å²) in [4.78, 5) is 25.4. The highest BCUT2D eigenvalue weighted by atomic mass is 16.5. The first kappa shape index (κ1) is 21.5. The molecule has 0 fully saturated rings. The normalized spacial score (nSPS) is 10.3. The number of aromatic nitrogens is 2. The number of hydrogen-bond acceptors (Lipinski definition) is 6. The van der Waals surface area contributed by atoms with Crippen LogP contribution in [0.15, 0.2) is 78.9 Å². The molecule has 0 N–H and O–H groups in total. The predicted molar refractivity (Wildman–Crippen MR) is 122 cm³/mol. The number of hydrogen-bond donors (Lipinski definition) is 0. The highest BCUT2D eigenvalue weighted by molar-refractivity contribution is 6.06. The second-order valence-corrected chi connectivity index (χ2v) is 7.07. The maximum Gasteiger partial charge on any atom is 0.357 e. The van der Waals surface area contributed by atoms with E-state index in [9.17, 15) is 9.59 Å². The Morgan fingerprint density at radius 3 is 1.88 bits per heavy atom. The van der Waals surface area contributed by atoms with Gasteiger partial charge in [-0.1, -0.05) is 54.6 Å². The van der Waals surface area contributed by atoms with E-state index in [1.54, 1.807) is 24.3 Å². The third-order valence-electron chi connectivity index (χ3n) is 5.16. The number of esters is 2. The lowest BCUT2D eigenvalue weighted by Crippen LogP contribution is -2.15. The van der Waals surface area contributed by atoms with Crippen LogP contribution in [-0.2, 0) is 9.47 Å². The first-order chi connectivity index (χ1) is 16.1. The van der Waals surface area contributed by atoms with Crippen LogP contribution in [0.2, 0.25) is 0 Å². The van der Waals surface area contributed by atoms with Crippen molar-refractivity contribution in [2.24, 2.45) is 0 Å². The first-order valence-corrected chi connectivity index (χ1v) is 10.0. The van der Waals surface area contributed by atoms with Crippen molar-refractivity contribution in [2.75, 3.05) is 14.2 Å². The SMILES string of the molecule is COC(=O)c1c(-c2ccc(-c3ccc(C#N)cc3)cc2)nn(-c2ccccc2)c1C(=O)OC. The lowest BCUT2D eigenvalue weighted by Gasteiger charge is -2.07. The fourth-order valence-electron chi connectivity index (χ4n) is 3.51. The Hall–Kier alpha value is -4.70. The van der Waals surface area contributed by atoms with Gasteiger partial charge >= 0.3 is 11.9 Å². The molecule has 0 amide bonds. The van der Waals surface area contributed by atoms with Crippen molar-refractivity contribution in [1.82, 2.24) is 9.78 Å². The van der Waals surface area contributed by atoms with E-state index in [1.165, 1.54) is 18.9 Å². The van der Waals surface area contributed by atoms with Gasteiger partial charge in [0.2, 0.25) is 0 Å². The smallest absolute Gasteiger partial charge is 0.357 e.